The van der Waals surface area contributed by atoms with Gasteiger partial charge in [-0.1, -0.05) is 65.1 Å². The molecule has 198 valence electrons. The lowest BCUT2D eigenvalue weighted by Crippen LogP contribution is -2.23. The fourth-order valence-electron chi connectivity index (χ4n) is 4.50. The molecule has 0 amide bonds. The maximum atomic E-state index is 12.9. The van der Waals surface area contributed by atoms with Crippen LogP contribution in [0.15, 0.2) is 71.5 Å². The van der Waals surface area contributed by atoms with Crippen LogP contribution in [0.4, 0.5) is 0 Å². The van der Waals surface area contributed by atoms with Crippen LogP contribution < -0.4 is 10.4 Å². The molecule has 0 atom stereocenters. The van der Waals surface area contributed by atoms with Crippen molar-refractivity contribution in [3.8, 4) is 22.6 Å². The molecule has 3 aromatic carbocycles. The summed E-state index contributed by atoms with van der Waals surface area (Å²) in [5, 5.41) is 13.9. The van der Waals surface area contributed by atoms with Crippen molar-refractivity contribution >= 4 is 28.6 Å². The smallest absolute Gasteiger partial charge is 0.350 e. The number of nitrogens with zero attached hydrogens (tertiary/aromatic N) is 3. The summed E-state index contributed by atoms with van der Waals surface area (Å²) in [5.41, 5.74) is 5.75. The number of benzene rings is 3. The number of hydrogen-bond acceptors (Lipinski definition) is 4. The van der Waals surface area contributed by atoms with Gasteiger partial charge in [-0.3, -0.25) is 9.36 Å². The third kappa shape index (κ3) is 6.53. The molecule has 1 aromatic heterocycles. The van der Waals surface area contributed by atoms with Gasteiger partial charge in [-0.05, 0) is 73.2 Å². The van der Waals surface area contributed by atoms with Gasteiger partial charge in [0.05, 0.1) is 18.7 Å². The van der Waals surface area contributed by atoms with Crippen LogP contribution in [-0.4, -0.2) is 32.0 Å². The second kappa shape index (κ2) is 12.9. The first kappa shape index (κ1) is 27.6. The van der Waals surface area contributed by atoms with E-state index in [1.54, 1.807) is 4.57 Å². The summed E-state index contributed by atoms with van der Waals surface area (Å²) < 4.78 is 9.77. The number of halogens is 1. The number of rotatable bonds is 12. The summed E-state index contributed by atoms with van der Waals surface area (Å²) >= 11 is 2.32. The highest BCUT2D eigenvalue weighted by atomic mass is 127. The molecule has 38 heavy (non-hydrogen) atoms. The Hall–Kier alpha value is -3.40. The highest BCUT2D eigenvalue weighted by Gasteiger charge is 2.14. The lowest BCUT2D eigenvalue weighted by atomic mass is 9.98. The van der Waals surface area contributed by atoms with Crippen molar-refractivity contribution in [3.05, 3.63) is 99.7 Å². The van der Waals surface area contributed by atoms with Gasteiger partial charge < -0.3 is 9.84 Å². The van der Waals surface area contributed by atoms with Crippen LogP contribution in [0.25, 0.3) is 16.8 Å². The Balaban J connectivity index is 1.43. The number of aromatic nitrogens is 3. The molecule has 0 saturated heterocycles. The van der Waals surface area contributed by atoms with Gasteiger partial charge in [0.25, 0.3) is 0 Å². The van der Waals surface area contributed by atoms with E-state index in [9.17, 15) is 14.7 Å². The Labute approximate surface area is 236 Å². The van der Waals surface area contributed by atoms with E-state index in [0.29, 0.717) is 30.9 Å². The first-order valence-corrected chi connectivity index (χ1v) is 14.4. The van der Waals surface area contributed by atoms with Gasteiger partial charge in [0.15, 0.2) is 0 Å². The number of carboxylic acid groups (broad SMARTS) is 1. The molecule has 8 heteroatoms. The molecule has 0 saturated carbocycles. The molecule has 0 bridgehead atoms. The maximum Gasteiger partial charge on any atom is 0.350 e. The van der Waals surface area contributed by atoms with Gasteiger partial charge in [0, 0.05) is 23.0 Å². The van der Waals surface area contributed by atoms with Crippen LogP contribution in [0, 0.1) is 0 Å². The van der Waals surface area contributed by atoms with E-state index in [1.165, 1.54) is 15.8 Å². The van der Waals surface area contributed by atoms with Crippen molar-refractivity contribution in [3.63, 3.8) is 0 Å². The molecule has 1 heterocycles. The predicted octanol–water partition coefficient (Wildman–Crippen LogP) is 5.86. The summed E-state index contributed by atoms with van der Waals surface area (Å²) in [6.45, 7) is 4.92. The molecular weight excluding hydrogens is 593 g/mol. The number of carboxylic acids is 1. The molecule has 0 fully saturated rings. The van der Waals surface area contributed by atoms with Crippen LogP contribution in [0.2, 0.25) is 0 Å². The molecule has 1 N–H and O–H groups in total. The van der Waals surface area contributed by atoms with E-state index in [-0.39, 0.29) is 12.1 Å². The average molecular weight is 626 g/mol. The monoisotopic (exact) mass is 625 g/mol. The van der Waals surface area contributed by atoms with E-state index >= 15 is 0 Å². The van der Waals surface area contributed by atoms with Crippen molar-refractivity contribution in [2.45, 2.75) is 50.5 Å². The van der Waals surface area contributed by atoms with Gasteiger partial charge in [-0.15, -0.1) is 5.10 Å². The minimum Gasteiger partial charge on any atom is -0.494 e. The molecule has 0 aliphatic heterocycles. The summed E-state index contributed by atoms with van der Waals surface area (Å²) in [4.78, 5) is 24.2. The van der Waals surface area contributed by atoms with Crippen molar-refractivity contribution in [2.24, 2.45) is 0 Å². The highest BCUT2D eigenvalue weighted by Crippen LogP contribution is 2.28. The normalized spacial score (nSPS) is 11.0. The predicted molar refractivity (Wildman–Crippen MR) is 158 cm³/mol. The van der Waals surface area contributed by atoms with Crippen molar-refractivity contribution in [1.82, 2.24) is 14.3 Å². The van der Waals surface area contributed by atoms with Gasteiger partial charge in [-0.25, -0.2) is 4.79 Å². The second-order valence-electron chi connectivity index (χ2n) is 9.03. The largest absolute Gasteiger partial charge is 0.494 e. The van der Waals surface area contributed by atoms with E-state index in [1.807, 2.05) is 56.3 Å². The molecule has 0 aliphatic carbocycles. The van der Waals surface area contributed by atoms with E-state index in [4.69, 9.17) is 4.74 Å². The fourth-order valence-corrected chi connectivity index (χ4v) is 5.01. The second-order valence-corrected chi connectivity index (χ2v) is 9.79. The van der Waals surface area contributed by atoms with E-state index < -0.39 is 5.97 Å². The molecule has 0 unspecified atom stereocenters. The summed E-state index contributed by atoms with van der Waals surface area (Å²) in [5.74, 6) is 0.527. The Morgan fingerprint density at radius 2 is 1.63 bits per heavy atom. The first-order valence-electron chi connectivity index (χ1n) is 12.8. The lowest BCUT2D eigenvalue weighted by molar-refractivity contribution is -0.136. The number of aryl methyl sites for hydroxylation is 2. The van der Waals surface area contributed by atoms with Crippen LogP contribution in [0.1, 0.15) is 42.8 Å². The van der Waals surface area contributed by atoms with Crippen molar-refractivity contribution < 1.29 is 14.6 Å². The Morgan fingerprint density at radius 3 is 2.26 bits per heavy atom. The summed E-state index contributed by atoms with van der Waals surface area (Å²) in [6, 6.07) is 22.0. The summed E-state index contributed by atoms with van der Waals surface area (Å²) in [6.07, 6.45) is 2.36. The van der Waals surface area contributed by atoms with E-state index in [0.717, 1.165) is 39.9 Å². The summed E-state index contributed by atoms with van der Waals surface area (Å²) in [7, 11) is 0. The molecular formula is C30H32IN3O4. The zero-order chi connectivity index (χ0) is 27.1. The van der Waals surface area contributed by atoms with Gasteiger partial charge in [-0.2, -0.15) is 4.68 Å². The van der Waals surface area contributed by atoms with Crippen LogP contribution in [-0.2, 0) is 35.0 Å². The van der Waals surface area contributed by atoms with Crippen LogP contribution in [0.5, 0.6) is 5.75 Å². The molecule has 4 rings (SSSR count). The third-order valence-corrected chi connectivity index (χ3v) is 7.33. The third-order valence-electron chi connectivity index (χ3n) is 6.45. The minimum atomic E-state index is -0.883. The Bertz CT molecular complexity index is 1440. The van der Waals surface area contributed by atoms with Crippen molar-refractivity contribution in [2.75, 3.05) is 6.61 Å². The number of ether oxygens (including phenoxy) is 1. The number of aliphatic carboxylic acids is 1. The van der Waals surface area contributed by atoms with Crippen LogP contribution in [0.3, 0.4) is 0 Å². The van der Waals surface area contributed by atoms with Gasteiger partial charge in [0.2, 0.25) is 0 Å². The lowest BCUT2D eigenvalue weighted by Gasteiger charge is -2.11. The first-order chi connectivity index (χ1) is 18.4. The Morgan fingerprint density at radius 1 is 0.947 bits per heavy atom. The van der Waals surface area contributed by atoms with Gasteiger partial charge >= 0.3 is 11.7 Å². The van der Waals surface area contributed by atoms with Crippen LogP contribution >= 0.6 is 22.6 Å². The Kier molecular flexibility index (Phi) is 9.38. The molecule has 7 nitrogen and oxygen atoms in total. The number of hydrogen-bond donors (Lipinski definition) is 1. The molecule has 0 aliphatic rings. The quantitative estimate of drug-likeness (QED) is 0.158. The number of carbonyl (C=O) groups is 1. The zero-order valence-electron chi connectivity index (χ0n) is 21.7. The van der Waals surface area contributed by atoms with Crippen molar-refractivity contribution in [1.29, 1.82) is 0 Å². The molecule has 0 spiro atoms. The fraction of sp³-hybridized carbons (Fsp3) is 0.300. The average Bonchev–Trinajstić information content (AvgIpc) is 3.24. The maximum absolute atomic E-state index is 12.9. The minimum absolute atomic E-state index is 0.0798. The SMILES string of the molecule is CCOc1ccc(-c2ccc(CCCc3nn(-c4ccc(CI)cc4)c(=O)n3CC)cc2)cc1CC(=O)O. The topological polar surface area (TPSA) is 86.4 Å². The highest BCUT2D eigenvalue weighted by molar-refractivity contribution is 14.1. The van der Waals surface area contributed by atoms with Gasteiger partial charge in [0.1, 0.15) is 11.6 Å². The molecule has 0 radical (unpaired) electrons. The molecule has 4 aromatic rings. The number of alkyl halides is 1. The zero-order valence-corrected chi connectivity index (χ0v) is 23.8. The van der Waals surface area contributed by atoms with E-state index in [2.05, 4.69) is 52.0 Å². The standard InChI is InChI=1S/C30H32IN3O4/c1-3-33-28(32-34(30(33)37)26-15-10-22(20-31)11-16-26)7-5-6-21-8-12-23(13-9-21)24-14-17-27(38-4-2)25(18-24)19-29(35)36/h8-18H,3-7,19-20H2,1-2H3,(H,35,36).